The molecule has 6 heteroatoms. The average Bonchev–Trinajstić information content (AvgIpc) is 3.09. The fraction of sp³-hybridized carbons (Fsp3) is 0.333. The highest BCUT2D eigenvalue weighted by atomic mass is 19.1. The lowest BCUT2D eigenvalue weighted by Gasteiger charge is -2.23. The van der Waals surface area contributed by atoms with Crippen LogP contribution >= 0.6 is 0 Å². The van der Waals surface area contributed by atoms with Gasteiger partial charge in [-0.05, 0) is 25.0 Å². The van der Waals surface area contributed by atoms with Crippen molar-refractivity contribution in [1.82, 2.24) is 9.78 Å². The summed E-state index contributed by atoms with van der Waals surface area (Å²) in [5, 5.41) is 13.8. The summed E-state index contributed by atoms with van der Waals surface area (Å²) in [6.07, 6.45) is 2.12. The Morgan fingerprint density at radius 1 is 1.38 bits per heavy atom. The summed E-state index contributed by atoms with van der Waals surface area (Å²) in [5.74, 6) is -1.41. The van der Waals surface area contributed by atoms with Gasteiger partial charge in [0.05, 0.1) is 13.2 Å². The minimum absolute atomic E-state index is 0.0596. The molecule has 0 bridgehead atoms. The van der Waals surface area contributed by atoms with E-state index in [2.05, 4.69) is 5.10 Å². The van der Waals surface area contributed by atoms with Gasteiger partial charge in [0.2, 0.25) is 5.88 Å². The molecule has 1 aromatic carbocycles. The van der Waals surface area contributed by atoms with Crippen molar-refractivity contribution in [3.8, 4) is 17.1 Å². The number of ether oxygens (including phenoxy) is 1. The molecule has 0 amide bonds. The Morgan fingerprint density at radius 3 is 2.81 bits per heavy atom. The van der Waals surface area contributed by atoms with Gasteiger partial charge in [0, 0.05) is 11.0 Å². The Balaban J connectivity index is 1.90. The van der Waals surface area contributed by atoms with Crippen molar-refractivity contribution in [2.45, 2.75) is 19.4 Å². The standard InChI is InChI=1S/C15H13FN2O3/c16-10-4-2-1-3-9(10)12-11(14(19)20)13-18(17-12)7-15(5-6-15)8-21-13/h1-4H,5-8H2,(H,19,20). The lowest BCUT2D eigenvalue weighted by molar-refractivity contribution is 0.0684. The summed E-state index contributed by atoms with van der Waals surface area (Å²) in [6.45, 7) is 1.15. The maximum absolute atomic E-state index is 14.0. The predicted molar refractivity (Wildman–Crippen MR) is 71.7 cm³/mol. The molecule has 4 rings (SSSR count). The van der Waals surface area contributed by atoms with Gasteiger partial charge in [-0.1, -0.05) is 12.1 Å². The normalized spacial score (nSPS) is 18.1. The SMILES string of the molecule is O=C(O)c1c(-c2ccccc2F)nn2c1OCC1(CC1)C2. The Kier molecular flexibility index (Phi) is 2.40. The van der Waals surface area contributed by atoms with Crippen LogP contribution < -0.4 is 4.74 Å². The van der Waals surface area contributed by atoms with E-state index in [1.54, 1.807) is 16.8 Å². The number of aromatic nitrogens is 2. The molecule has 0 saturated heterocycles. The van der Waals surface area contributed by atoms with Crippen LogP contribution in [0.5, 0.6) is 5.88 Å². The largest absolute Gasteiger partial charge is 0.477 e. The average molecular weight is 288 g/mol. The van der Waals surface area contributed by atoms with Crippen LogP contribution in [0.4, 0.5) is 4.39 Å². The van der Waals surface area contributed by atoms with Gasteiger partial charge in [-0.3, -0.25) is 0 Å². The predicted octanol–water partition coefficient (Wildman–Crippen LogP) is 2.56. The first kappa shape index (κ1) is 12.4. The van der Waals surface area contributed by atoms with Crippen molar-refractivity contribution < 1.29 is 19.0 Å². The van der Waals surface area contributed by atoms with Crippen LogP contribution in [0.3, 0.4) is 0 Å². The highest BCUT2D eigenvalue weighted by Gasteiger charge is 2.48. The molecule has 2 aromatic rings. The smallest absolute Gasteiger partial charge is 0.343 e. The lowest BCUT2D eigenvalue weighted by atomic mass is 10.1. The summed E-state index contributed by atoms with van der Waals surface area (Å²) in [5.41, 5.74) is 0.357. The Morgan fingerprint density at radius 2 is 2.14 bits per heavy atom. The van der Waals surface area contributed by atoms with Gasteiger partial charge < -0.3 is 9.84 Å². The van der Waals surface area contributed by atoms with Gasteiger partial charge in [0.1, 0.15) is 17.1 Å². The molecule has 1 aliphatic heterocycles. The maximum Gasteiger partial charge on any atom is 0.343 e. The van der Waals surface area contributed by atoms with Crippen molar-refractivity contribution >= 4 is 5.97 Å². The van der Waals surface area contributed by atoms with Crippen LogP contribution in [0.2, 0.25) is 0 Å². The van der Waals surface area contributed by atoms with Gasteiger partial charge in [-0.25, -0.2) is 13.9 Å². The monoisotopic (exact) mass is 288 g/mol. The number of benzene rings is 1. The minimum Gasteiger partial charge on any atom is -0.477 e. The number of hydrogen-bond donors (Lipinski definition) is 1. The second-order valence-electron chi connectivity index (χ2n) is 5.76. The van der Waals surface area contributed by atoms with Gasteiger partial charge >= 0.3 is 5.97 Å². The van der Waals surface area contributed by atoms with Gasteiger partial charge in [0.25, 0.3) is 0 Å². The van der Waals surface area contributed by atoms with E-state index in [1.807, 2.05) is 0 Å². The molecule has 2 aliphatic rings. The second-order valence-corrected chi connectivity index (χ2v) is 5.76. The van der Waals surface area contributed by atoms with Crippen molar-refractivity contribution in [2.75, 3.05) is 6.61 Å². The molecule has 1 fully saturated rings. The van der Waals surface area contributed by atoms with E-state index < -0.39 is 11.8 Å². The van der Waals surface area contributed by atoms with Crippen LogP contribution in [0.25, 0.3) is 11.3 Å². The van der Waals surface area contributed by atoms with Crippen LogP contribution in [-0.4, -0.2) is 27.5 Å². The van der Waals surface area contributed by atoms with E-state index in [1.165, 1.54) is 12.1 Å². The Hall–Kier alpha value is -2.37. The van der Waals surface area contributed by atoms with Crippen molar-refractivity contribution in [3.63, 3.8) is 0 Å². The molecule has 0 unspecified atom stereocenters. The summed E-state index contributed by atoms with van der Waals surface area (Å²) in [7, 11) is 0. The van der Waals surface area contributed by atoms with Crippen molar-refractivity contribution in [3.05, 3.63) is 35.6 Å². The third-order valence-electron chi connectivity index (χ3n) is 4.21. The first-order valence-electron chi connectivity index (χ1n) is 6.81. The van der Waals surface area contributed by atoms with Gasteiger partial charge in [0.15, 0.2) is 0 Å². The molecule has 108 valence electrons. The van der Waals surface area contributed by atoms with E-state index >= 15 is 0 Å². The number of halogens is 1. The maximum atomic E-state index is 14.0. The van der Waals surface area contributed by atoms with Crippen LogP contribution in [0.15, 0.2) is 24.3 Å². The van der Waals surface area contributed by atoms with E-state index in [0.717, 1.165) is 12.8 Å². The van der Waals surface area contributed by atoms with E-state index in [4.69, 9.17) is 4.74 Å². The molecule has 1 spiro atoms. The number of carboxylic acid groups (broad SMARTS) is 1. The number of hydrogen-bond acceptors (Lipinski definition) is 3. The number of nitrogens with zero attached hydrogens (tertiary/aromatic N) is 2. The van der Waals surface area contributed by atoms with E-state index in [-0.39, 0.29) is 28.1 Å². The number of carbonyl (C=O) groups is 1. The molecule has 1 N–H and O–H groups in total. The molecule has 0 radical (unpaired) electrons. The lowest BCUT2D eigenvalue weighted by Crippen LogP contribution is -2.27. The molecule has 1 aromatic heterocycles. The molecule has 5 nitrogen and oxygen atoms in total. The molecular formula is C15H13FN2O3. The van der Waals surface area contributed by atoms with E-state index in [9.17, 15) is 14.3 Å². The van der Waals surface area contributed by atoms with Crippen LogP contribution in [0.1, 0.15) is 23.2 Å². The van der Waals surface area contributed by atoms with Gasteiger partial charge in [-0.15, -0.1) is 0 Å². The topological polar surface area (TPSA) is 64.3 Å². The zero-order valence-electron chi connectivity index (χ0n) is 11.2. The Bertz CT molecular complexity index is 749. The molecule has 1 saturated carbocycles. The highest BCUT2D eigenvalue weighted by molar-refractivity contribution is 5.97. The number of carboxylic acids is 1. The van der Waals surface area contributed by atoms with E-state index in [0.29, 0.717) is 13.2 Å². The fourth-order valence-electron chi connectivity index (χ4n) is 2.80. The van der Waals surface area contributed by atoms with Crippen molar-refractivity contribution in [2.24, 2.45) is 5.41 Å². The Labute approximate surface area is 120 Å². The molecule has 0 atom stereocenters. The summed E-state index contributed by atoms with van der Waals surface area (Å²) in [4.78, 5) is 11.6. The molecule has 21 heavy (non-hydrogen) atoms. The minimum atomic E-state index is -1.15. The summed E-state index contributed by atoms with van der Waals surface area (Å²) in [6, 6.07) is 6.04. The zero-order valence-corrected chi connectivity index (χ0v) is 11.2. The summed E-state index contributed by atoms with van der Waals surface area (Å²) < 4.78 is 21.2. The molecular weight excluding hydrogens is 275 g/mol. The third kappa shape index (κ3) is 1.82. The van der Waals surface area contributed by atoms with Crippen molar-refractivity contribution in [1.29, 1.82) is 0 Å². The fourth-order valence-corrected chi connectivity index (χ4v) is 2.80. The van der Waals surface area contributed by atoms with Gasteiger partial charge in [-0.2, -0.15) is 5.10 Å². The van der Waals surface area contributed by atoms with Crippen LogP contribution in [-0.2, 0) is 6.54 Å². The third-order valence-corrected chi connectivity index (χ3v) is 4.21. The zero-order chi connectivity index (χ0) is 14.6. The first-order chi connectivity index (χ1) is 10.1. The molecule has 1 aliphatic carbocycles. The number of fused-ring (bicyclic) bond motifs is 1. The quantitative estimate of drug-likeness (QED) is 0.922. The number of aromatic carboxylic acids is 1. The second kappa shape index (κ2) is 4.07. The number of rotatable bonds is 2. The summed E-state index contributed by atoms with van der Waals surface area (Å²) >= 11 is 0. The van der Waals surface area contributed by atoms with Crippen LogP contribution in [0, 0.1) is 11.2 Å². The molecule has 2 heterocycles. The highest BCUT2D eigenvalue weighted by Crippen LogP contribution is 2.51. The first-order valence-corrected chi connectivity index (χ1v) is 6.81.